The Bertz CT molecular complexity index is 2240. The predicted molar refractivity (Wildman–Crippen MR) is 208 cm³/mol. The largest absolute Gasteiger partial charge is 0.480 e. The molecule has 0 spiro atoms. The number of hydrogen-bond acceptors (Lipinski definition) is 9. The van der Waals surface area contributed by atoms with Gasteiger partial charge in [0.2, 0.25) is 0 Å². The highest BCUT2D eigenvalue weighted by atomic mass is 35.5. The zero-order chi connectivity index (χ0) is 40.2. The van der Waals surface area contributed by atoms with Gasteiger partial charge in [-0.1, -0.05) is 107 Å². The van der Waals surface area contributed by atoms with Crippen LogP contribution >= 0.6 is 11.6 Å². The minimum atomic E-state index is -1.15. The highest BCUT2D eigenvalue weighted by molar-refractivity contribution is 6.17. The van der Waals surface area contributed by atoms with Gasteiger partial charge in [-0.15, -0.1) is 11.6 Å². The van der Waals surface area contributed by atoms with Crippen LogP contribution in [0.3, 0.4) is 0 Å². The molecular formula is C41H39ClFN5O8. The monoisotopic (exact) mass is 783 g/mol. The van der Waals surface area contributed by atoms with Crippen molar-refractivity contribution >= 4 is 41.1 Å². The number of hydrogen-bond donors (Lipinski definition) is 5. The van der Waals surface area contributed by atoms with Gasteiger partial charge >= 0.3 is 18.2 Å². The molecule has 2 aromatic heterocycles. The van der Waals surface area contributed by atoms with Crippen LogP contribution in [0.1, 0.15) is 46.7 Å². The van der Waals surface area contributed by atoms with Gasteiger partial charge in [0.25, 0.3) is 0 Å². The van der Waals surface area contributed by atoms with Gasteiger partial charge in [-0.2, -0.15) is 0 Å². The highest BCUT2D eigenvalue weighted by Crippen LogP contribution is 2.33. The predicted octanol–water partition coefficient (Wildman–Crippen LogP) is 9.36. The fourth-order valence-electron chi connectivity index (χ4n) is 5.51. The number of rotatable bonds is 13. The molecule has 0 aliphatic heterocycles. The van der Waals surface area contributed by atoms with Crippen molar-refractivity contribution in [2.45, 2.75) is 51.8 Å². The lowest BCUT2D eigenvalue weighted by atomic mass is 10.0. The summed E-state index contributed by atoms with van der Waals surface area (Å²) in [6.07, 6.45) is -2.21. The van der Waals surface area contributed by atoms with E-state index >= 15 is 0 Å². The van der Waals surface area contributed by atoms with Gasteiger partial charge in [-0.05, 0) is 49.1 Å². The number of amides is 2. The van der Waals surface area contributed by atoms with Gasteiger partial charge in [0.05, 0.1) is 0 Å². The number of aryl methyl sites for hydroxylation is 2. The molecule has 13 nitrogen and oxygen atoms in total. The fourth-order valence-corrected chi connectivity index (χ4v) is 5.69. The van der Waals surface area contributed by atoms with Crippen molar-refractivity contribution in [3.8, 4) is 22.6 Å². The molecule has 0 saturated heterocycles. The van der Waals surface area contributed by atoms with E-state index in [2.05, 4.69) is 26.3 Å². The van der Waals surface area contributed by atoms with E-state index in [0.717, 1.165) is 22.3 Å². The Balaban J connectivity index is 0.000000278. The number of anilines is 2. The van der Waals surface area contributed by atoms with Crippen molar-refractivity contribution in [3.63, 3.8) is 0 Å². The molecule has 2 heterocycles. The van der Waals surface area contributed by atoms with Crippen molar-refractivity contribution < 1.29 is 42.8 Å². The molecule has 4 aromatic carbocycles. The molecule has 2 atom stereocenters. The molecule has 6 aromatic rings. The summed E-state index contributed by atoms with van der Waals surface area (Å²) in [7, 11) is 0. The minimum absolute atomic E-state index is 0.0193. The Morgan fingerprint density at radius 2 is 1.30 bits per heavy atom. The molecular weight excluding hydrogens is 745 g/mol. The topological polar surface area (TPSA) is 189 Å². The Morgan fingerprint density at radius 1 is 0.768 bits per heavy atom. The number of aliphatic carboxylic acids is 1. The van der Waals surface area contributed by atoms with Gasteiger partial charge in [-0.25, -0.2) is 14.0 Å². The van der Waals surface area contributed by atoms with Crippen LogP contribution in [0.5, 0.6) is 0 Å². The summed E-state index contributed by atoms with van der Waals surface area (Å²) in [6, 6.07) is 29.1. The second-order valence-corrected chi connectivity index (χ2v) is 12.8. The fraction of sp³-hybridized carbons (Fsp3) is 0.195. The molecule has 0 aliphatic carbocycles. The lowest BCUT2D eigenvalue weighted by Crippen LogP contribution is -2.38. The minimum Gasteiger partial charge on any atom is -0.480 e. The first kappa shape index (κ1) is 40.7. The summed E-state index contributed by atoms with van der Waals surface area (Å²) < 4.78 is 30.1. The summed E-state index contributed by atoms with van der Waals surface area (Å²) in [4.78, 5) is 35.0. The van der Waals surface area contributed by atoms with E-state index in [1.54, 1.807) is 51.1 Å². The van der Waals surface area contributed by atoms with Gasteiger partial charge in [0, 0.05) is 30.0 Å². The third-order valence-corrected chi connectivity index (χ3v) is 8.86. The smallest absolute Gasteiger partial charge is 0.412 e. The van der Waals surface area contributed by atoms with Crippen molar-refractivity contribution in [3.05, 3.63) is 143 Å². The molecule has 6 rings (SSSR count). The number of carbonyl (C=O) groups excluding carboxylic acids is 1. The number of carbonyl (C=O) groups is 3. The zero-order valence-electron chi connectivity index (χ0n) is 30.6. The molecule has 2 amide bonds. The second kappa shape index (κ2) is 19.2. The molecule has 0 saturated carbocycles. The van der Waals surface area contributed by atoms with Crippen molar-refractivity contribution in [2.24, 2.45) is 0 Å². The maximum absolute atomic E-state index is 14.0. The maximum atomic E-state index is 14.0. The summed E-state index contributed by atoms with van der Waals surface area (Å²) in [6.45, 7) is 5.43. The number of carboxylic acids is 1. The molecule has 5 N–H and O–H groups in total. The number of halogens is 2. The summed E-state index contributed by atoms with van der Waals surface area (Å²) >= 11 is 5.70. The van der Waals surface area contributed by atoms with Crippen LogP contribution in [-0.4, -0.2) is 44.7 Å². The van der Waals surface area contributed by atoms with Crippen LogP contribution in [0.2, 0.25) is 0 Å². The molecule has 56 heavy (non-hydrogen) atoms. The number of aromatic nitrogens is 2. The van der Waals surface area contributed by atoms with Crippen molar-refractivity contribution in [1.29, 1.82) is 0 Å². The van der Waals surface area contributed by atoms with E-state index in [1.165, 1.54) is 6.07 Å². The number of ether oxygens (including phenoxy) is 1. The van der Waals surface area contributed by atoms with Gasteiger partial charge in [0.1, 0.15) is 40.7 Å². The number of nitrogens with one attached hydrogen (secondary N) is 3. The van der Waals surface area contributed by atoms with Crippen LogP contribution in [0, 0.1) is 19.7 Å². The van der Waals surface area contributed by atoms with Crippen LogP contribution < -0.4 is 16.0 Å². The molecule has 0 radical (unpaired) electrons. The third-order valence-electron chi connectivity index (χ3n) is 8.56. The average Bonchev–Trinajstić information content (AvgIpc) is 3.74. The van der Waals surface area contributed by atoms with E-state index in [1.807, 2.05) is 66.7 Å². The van der Waals surface area contributed by atoms with Crippen molar-refractivity contribution in [2.75, 3.05) is 10.6 Å². The van der Waals surface area contributed by atoms with E-state index < -0.39 is 36.1 Å². The first-order valence-corrected chi connectivity index (χ1v) is 17.9. The SMILES string of the molecule is Cc1noc(-c2ccc(CCl)cc2)c1NC(=O)O.Cc1noc(-c2ccc(CN[C@H](Cc3ccccc3F)C(=O)O)cc2)c1NC(=O)O[C@H](C)c1ccccc1. The summed E-state index contributed by atoms with van der Waals surface area (Å²) in [5, 5.41) is 34.1. The molecule has 290 valence electrons. The van der Waals surface area contributed by atoms with E-state index in [4.69, 9.17) is 30.5 Å². The van der Waals surface area contributed by atoms with E-state index in [9.17, 15) is 23.9 Å². The van der Waals surface area contributed by atoms with E-state index in [0.29, 0.717) is 51.3 Å². The zero-order valence-corrected chi connectivity index (χ0v) is 31.3. The Labute approximate surface area is 326 Å². The van der Waals surface area contributed by atoms with Crippen LogP contribution in [0.4, 0.5) is 25.4 Å². The quantitative estimate of drug-likeness (QED) is 0.0702. The molecule has 0 fully saturated rings. The Kier molecular flexibility index (Phi) is 13.9. The van der Waals surface area contributed by atoms with Gasteiger partial charge in [0.15, 0.2) is 11.5 Å². The number of alkyl halides is 1. The molecule has 15 heteroatoms. The van der Waals surface area contributed by atoms with Crippen LogP contribution in [-0.2, 0) is 28.4 Å². The third kappa shape index (κ3) is 10.8. The summed E-state index contributed by atoms with van der Waals surface area (Å²) in [5.41, 5.74) is 6.16. The maximum Gasteiger partial charge on any atom is 0.412 e. The number of nitrogens with zero attached hydrogens (tertiary/aromatic N) is 2. The highest BCUT2D eigenvalue weighted by Gasteiger charge is 2.22. The molecule has 0 aliphatic rings. The number of carboxylic acid groups (broad SMARTS) is 2. The van der Waals surface area contributed by atoms with Gasteiger partial charge < -0.3 is 29.3 Å². The van der Waals surface area contributed by atoms with Crippen LogP contribution in [0.15, 0.2) is 112 Å². The first-order chi connectivity index (χ1) is 26.9. The summed E-state index contributed by atoms with van der Waals surface area (Å²) in [5.74, 6) is -0.303. The molecule has 0 bridgehead atoms. The standard InChI is InChI=1S/C29H28FN3O5.C12H11ClN2O3/c1-18-26(32-29(36)37-19(2)21-8-4-3-5-9-21)27(38-33-18)22-14-12-20(13-15-22)17-31-25(28(34)35)16-23-10-6-7-11-24(23)30;1-7-10(14-12(16)17)11(18-15-7)9-4-2-8(6-13)3-5-9/h3-15,19,25,31H,16-17H2,1-2H3,(H,32,36)(H,34,35);2-5,14H,6H2,1H3,(H,16,17)/t19-,25-;/m1./s1. The Morgan fingerprint density at radius 3 is 1.84 bits per heavy atom. The Hall–Kier alpha value is -6.51. The number of benzene rings is 4. The average molecular weight is 784 g/mol. The van der Waals surface area contributed by atoms with Crippen molar-refractivity contribution in [1.82, 2.24) is 15.6 Å². The molecule has 0 unspecified atom stereocenters. The normalized spacial score (nSPS) is 11.8. The first-order valence-electron chi connectivity index (χ1n) is 17.3. The van der Waals surface area contributed by atoms with Gasteiger partial charge in [-0.3, -0.25) is 15.4 Å². The lowest BCUT2D eigenvalue weighted by Gasteiger charge is -2.15. The second-order valence-electron chi connectivity index (χ2n) is 12.6. The van der Waals surface area contributed by atoms with E-state index in [-0.39, 0.29) is 13.0 Å². The van der Waals surface area contributed by atoms with Crippen LogP contribution in [0.25, 0.3) is 22.6 Å². The lowest BCUT2D eigenvalue weighted by molar-refractivity contribution is -0.139.